The van der Waals surface area contributed by atoms with Crippen LogP contribution in [0.5, 0.6) is 0 Å². The van der Waals surface area contributed by atoms with Gasteiger partial charge in [0, 0.05) is 25.9 Å². The second-order valence-corrected chi connectivity index (χ2v) is 5.17. The molecule has 0 radical (unpaired) electrons. The summed E-state index contributed by atoms with van der Waals surface area (Å²) >= 11 is 0. The molecule has 2 heterocycles. The first-order chi connectivity index (χ1) is 9.56. The van der Waals surface area contributed by atoms with Crippen molar-refractivity contribution in [3.63, 3.8) is 0 Å². The molecule has 0 spiro atoms. The van der Waals surface area contributed by atoms with Gasteiger partial charge < -0.3 is 15.2 Å². The van der Waals surface area contributed by atoms with Crippen LogP contribution in [0.15, 0.2) is 4.52 Å². The maximum absolute atomic E-state index is 12.1. The van der Waals surface area contributed by atoms with Crippen molar-refractivity contribution in [1.82, 2.24) is 15.0 Å². The topological polar surface area (TPSA) is 102 Å². The minimum atomic E-state index is -0.316. The lowest BCUT2D eigenvalue weighted by Crippen LogP contribution is -2.44. The first-order valence-electron chi connectivity index (χ1n) is 6.92. The summed E-state index contributed by atoms with van der Waals surface area (Å²) in [5.74, 6) is 0.706. The normalized spacial score (nSPS) is 19.1. The summed E-state index contributed by atoms with van der Waals surface area (Å²) in [5, 5.41) is 3.70. The lowest BCUT2D eigenvalue weighted by atomic mass is 9.97. The molecular formula is C13H20N4O3. The van der Waals surface area contributed by atoms with Gasteiger partial charge in [-0.05, 0) is 26.2 Å². The fourth-order valence-electron chi connectivity index (χ4n) is 2.43. The predicted molar refractivity (Wildman–Crippen MR) is 70.5 cm³/mol. The Hall–Kier alpha value is -1.92. The summed E-state index contributed by atoms with van der Waals surface area (Å²) in [6.07, 6.45) is 3.30. The highest BCUT2D eigenvalue weighted by Gasteiger charge is 2.26. The molecule has 0 aliphatic carbocycles. The Morgan fingerprint density at radius 1 is 1.50 bits per heavy atom. The fourth-order valence-corrected chi connectivity index (χ4v) is 2.43. The summed E-state index contributed by atoms with van der Waals surface area (Å²) < 4.78 is 4.99. The van der Waals surface area contributed by atoms with Crippen LogP contribution >= 0.6 is 0 Å². The molecule has 7 heteroatoms. The number of rotatable bonds is 5. The largest absolute Gasteiger partial charge is 0.369 e. The molecule has 0 bridgehead atoms. The molecule has 1 aromatic heterocycles. The van der Waals surface area contributed by atoms with Crippen molar-refractivity contribution in [3.8, 4) is 0 Å². The standard InChI is InChI=1S/C13H20N4O3/c1-9-15-11(20-16-9)5-2-6-12(18)17-7-3-4-10(8-17)13(14)19/h10H,2-8H2,1H3,(H2,14,19)/t10-/m0/s1. The number of aryl methyl sites for hydroxylation is 2. The molecule has 1 saturated heterocycles. The summed E-state index contributed by atoms with van der Waals surface area (Å²) in [6.45, 7) is 2.92. The zero-order chi connectivity index (χ0) is 14.5. The number of likely N-dealkylation sites (tertiary alicyclic amines) is 1. The number of hydrogen-bond donors (Lipinski definition) is 1. The van der Waals surface area contributed by atoms with Crippen LogP contribution in [0, 0.1) is 12.8 Å². The lowest BCUT2D eigenvalue weighted by Gasteiger charge is -2.31. The molecule has 1 aliphatic rings. The van der Waals surface area contributed by atoms with Gasteiger partial charge in [-0.2, -0.15) is 4.98 Å². The van der Waals surface area contributed by atoms with Crippen LogP contribution in [0.2, 0.25) is 0 Å². The zero-order valence-corrected chi connectivity index (χ0v) is 11.7. The second-order valence-electron chi connectivity index (χ2n) is 5.17. The zero-order valence-electron chi connectivity index (χ0n) is 11.7. The van der Waals surface area contributed by atoms with E-state index in [0.29, 0.717) is 44.1 Å². The van der Waals surface area contributed by atoms with Gasteiger partial charge in [0.05, 0.1) is 5.92 Å². The van der Waals surface area contributed by atoms with Crippen LogP contribution in [0.25, 0.3) is 0 Å². The molecule has 0 aromatic carbocycles. The molecule has 7 nitrogen and oxygen atoms in total. The maximum Gasteiger partial charge on any atom is 0.226 e. The van der Waals surface area contributed by atoms with Crippen LogP contribution in [0.1, 0.15) is 37.4 Å². The number of hydrogen-bond acceptors (Lipinski definition) is 5. The van der Waals surface area contributed by atoms with Crippen molar-refractivity contribution in [2.24, 2.45) is 11.7 Å². The number of carbonyl (C=O) groups excluding carboxylic acids is 2. The number of primary amides is 1. The molecule has 1 fully saturated rings. The SMILES string of the molecule is Cc1noc(CCCC(=O)N2CCC[C@H](C(N)=O)C2)n1. The number of amides is 2. The second kappa shape index (κ2) is 6.49. The molecule has 2 N–H and O–H groups in total. The number of aromatic nitrogens is 2. The van der Waals surface area contributed by atoms with Gasteiger partial charge >= 0.3 is 0 Å². The average molecular weight is 280 g/mol. The Morgan fingerprint density at radius 2 is 2.30 bits per heavy atom. The fraction of sp³-hybridized carbons (Fsp3) is 0.692. The Kier molecular flexibility index (Phi) is 4.70. The van der Waals surface area contributed by atoms with E-state index in [1.54, 1.807) is 11.8 Å². The summed E-state index contributed by atoms with van der Waals surface area (Å²) in [6, 6.07) is 0. The van der Waals surface area contributed by atoms with E-state index >= 15 is 0 Å². The molecule has 0 unspecified atom stereocenters. The van der Waals surface area contributed by atoms with E-state index in [1.165, 1.54) is 0 Å². The molecule has 1 aromatic rings. The van der Waals surface area contributed by atoms with Crippen molar-refractivity contribution < 1.29 is 14.1 Å². The van der Waals surface area contributed by atoms with E-state index in [0.717, 1.165) is 12.8 Å². The highest BCUT2D eigenvalue weighted by Crippen LogP contribution is 2.17. The number of nitrogens with zero attached hydrogens (tertiary/aromatic N) is 3. The van der Waals surface area contributed by atoms with Gasteiger partial charge in [0.15, 0.2) is 5.82 Å². The van der Waals surface area contributed by atoms with Gasteiger partial charge in [-0.15, -0.1) is 0 Å². The van der Waals surface area contributed by atoms with Crippen molar-refractivity contribution in [2.75, 3.05) is 13.1 Å². The Morgan fingerprint density at radius 3 is 2.95 bits per heavy atom. The van der Waals surface area contributed by atoms with E-state index in [9.17, 15) is 9.59 Å². The molecule has 20 heavy (non-hydrogen) atoms. The van der Waals surface area contributed by atoms with E-state index in [4.69, 9.17) is 10.3 Å². The molecule has 1 aliphatic heterocycles. The molecule has 1 atom stereocenters. The van der Waals surface area contributed by atoms with Crippen LogP contribution in [0.4, 0.5) is 0 Å². The van der Waals surface area contributed by atoms with Gasteiger partial charge in [-0.3, -0.25) is 9.59 Å². The lowest BCUT2D eigenvalue weighted by molar-refractivity contribution is -0.135. The first kappa shape index (κ1) is 14.5. The summed E-state index contributed by atoms with van der Waals surface area (Å²) in [4.78, 5) is 29.1. The minimum absolute atomic E-state index is 0.0622. The Balaban J connectivity index is 1.75. The first-order valence-corrected chi connectivity index (χ1v) is 6.92. The molecule has 110 valence electrons. The number of carbonyl (C=O) groups is 2. The molecule has 2 amide bonds. The molecule has 0 saturated carbocycles. The third-order valence-corrected chi connectivity index (χ3v) is 3.53. The Bertz CT molecular complexity index is 486. The van der Waals surface area contributed by atoms with Gasteiger partial charge in [0.25, 0.3) is 0 Å². The van der Waals surface area contributed by atoms with E-state index in [-0.39, 0.29) is 17.7 Å². The summed E-state index contributed by atoms with van der Waals surface area (Å²) in [7, 11) is 0. The summed E-state index contributed by atoms with van der Waals surface area (Å²) in [5.41, 5.74) is 5.30. The van der Waals surface area contributed by atoms with Crippen LogP contribution in [-0.2, 0) is 16.0 Å². The van der Waals surface area contributed by atoms with E-state index < -0.39 is 0 Å². The van der Waals surface area contributed by atoms with Gasteiger partial charge in [-0.1, -0.05) is 5.16 Å². The van der Waals surface area contributed by atoms with Crippen LogP contribution in [0.3, 0.4) is 0 Å². The molecule has 2 rings (SSSR count). The third-order valence-electron chi connectivity index (χ3n) is 3.53. The minimum Gasteiger partial charge on any atom is -0.369 e. The smallest absolute Gasteiger partial charge is 0.226 e. The van der Waals surface area contributed by atoms with E-state index in [1.807, 2.05) is 0 Å². The average Bonchev–Trinajstić information content (AvgIpc) is 2.84. The third kappa shape index (κ3) is 3.79. The van der Waals surface area contributed by atoms with Crippen molar-refractivity contribution in [3.05, 3.63) is 11.7 Å². The van der Waals surface area contributed by atoms with Gasteiger partial charge in [0.2, 0.25) is 17.7 Å². The number of piperidine rings is 1. The monoisotopic (exact) mass is 280 g/mol. The van der Waals surface area contributed by atoms with Crippen LogP contribution < -0.4 is 5.73 Å². The number of nitrogens with two attached hydrogens (primary N) is 1. The Labute approximate surface area is 117 Å². The van der Waals surface area contributed by atoms with E-state index in [2.05, 4.69) is 10.1 Å². The predicted octanol–water partition coefficient (Wildman–Crippen LogP) is 0.425. The van der Waals surface area contributed by atoms with Gasteiger partial charge in [0.1, 0.15) is 0 Å². The molecular weight excluding hydrogens is 260 g/mol. The highest BCUT2D eigenvalue weighted by atomic mass is 16.5. The van der Waals surface area contributed by atoms with Gasteiger partial charge in [-0.25, -0.2) is 0 Å². The quantitative estimate of drug-likeness (QED) is 0.842. The van der Waals surface area contributed by atoms with Crippen LogP contribution in [-0.4, -0.2) is 39.9 Å². The highest BCUT2D eigenvalue weighted by molar-refractivity contribution is 5.80. The maximum atomic E-state index is 12.1. The van der Waals surface area contributed by atoms with Crippen molar-refractivity contribution in [2.45, 2.75) is 39.0 Å². The van der Waals surface area contributed by atoms with Crippen molar-refractivity contribution in [1.29, 1.82) is 0 Å². The van der Waals surface area contributed by atoms with Crippen molar-refractivity contribution >= 4 is 11.8 Å².